The van der Waals surface area contributed by atoms with Crippen LogP contribution in [0, 0.1) is 6.92 Å². The highest BCUT2D eigenvalue weighted by Crippen LogP contribution is 2.19. The highest BCUT2D eigenvalue weighted by atomic mass is 14.8. The van der Waals surface area contributed by atoms with Gasteiger partial charge >= 0.3 is 0 Å². The Kier molecular flexibility index (Phi) is 1.97. The molecule has 2 aromatic rings. The van der Waals surface area contributed by atoms with Gasteiger partial charge in [-0.15, -0.1) is 0 Å². The van der Waals surface area contributed by atoms with Gasteiger partial charge in [0, 0.05) is 11.6 Å². The molecule has 0 spiro atoms. The van der Waals surface area contributed by atoms with Crippen molar-refractivity contribution in [3.05, 3.63) is 35.8 Å². The van der Waals surface area contributed by atoms with E-state index in [0.29, 0.717) is 0 Å². The Morgan fingerprint density at radius 1 is 1.31 bits per heavy atom. The Hall–Kier alpha value is -1.44. The standard InChI is InChI=1S/C11H12N2/c1-3-9-8(2)4-5-11-10(9)6-12-7-13-11/h4-7H,3H2,1-2H3. The van der Waals surface area contributed by atoms with Gasteiger partial charge in [-0.3, -0.25) is 0 Å². The van der Waals surface area contributed by atoms with Gasteiger partial charge in [0.2, 0.25) is 0 Å². The molecule has 0 aliphatic heterocycles. The summed E-state index contributed by atoms with van der Waals surface area (Å²) in [5.41, 5.74) is 3.72. The zero-order valence-corrected chi connectivity index (χ0v) is 7.91. The predicted molar refractivity (Wildman–Crippen MR) is 53.7 cm³/mol. The predicted octanol–water partition coefficient (Wildman–Crippen LogP) is 2.50. The average Bonchev–Trinajstić information content (AvgIpc) is 2.18. The summed E-state index contributed by atoms with van der Waals surface area (Å²) >= 11 is 0. The molecule has 2 heteroatoms. The maximum atomic E-state index is 4.22. The lowest BCUT2D eigenvalue weighted by atomic mass is 10.0. The smallest absolute Gasteiger partial charge is 0.116 e. The average molecular weight is 172 g/mol. The fraction of sp³-hybridized carbons (Fsp3) is 0.273. The van der Waals surface area contributed by atoms with E-state index < -0.39 is 0 Å². The molecule has 0 saturated heterocycles. The van der Waals surface area contributed by atoms with E-state index in [9.17, 15) is 0 Å². The third-order valence-electron chi connectivity index (χ3n) is 2.39. The number of hydrogen-bond acceptors (Lipinski definition) is 2. The third-order valence-corrected chi connectivity index (χ3v) is 2.39. The van der Waals surface area contributed by atoms with E-state index in [2.05, 4.69) is 29.9 Å². The van der Waals surface area contributed by atoms with Crippen molar-refractivity contribution in [1.29, 1.82) is 0 Å². The summed E-state index contributed by atoms with van der Waals surface area (Å²) in [6.07, 6.45) is 4.53. The van der Waals surface area contributed by atoms with Crippen molar-refractivity contribution < 1.29 is 0 Å². The molecule has 0 saturated carbocycles. The first kappa shape index (κ1) is 8.17. The van der Waals surface area contributed by atoms with Crippen molar-refractivity contribution in [3.63, 3.8) is 0 Å². The van der Waals surface area contributed by atoms with Gasteiger partial charge in [0.25, 0.3) is 0 Å². The number of hydrogen-bond donors (Lipinski definition) is 0. The van der Waals surface area contributed by atoms with Crippen LogP contribution in [-0.2, 0) is 6.42 Å². The zero-order valence-electron chi connectivity index (χ0n) is 7.91. The van der Waals surface area contributed by atoms with E-state index in [0.717, 1.165) is 11.9 Å². The normalized spacial score (nSPS) is 10.6. The summed E-state index contributed by atoms with van der Waals surface area (Å²) in [4.78, 5) is 8.27. The molecule has 0 aliphatic rings. The second kappa shape index (κ2) is 3.13. The lowest BCUT2D eigenvalue weighted by Crippen LogP contribution is -1.91. The number of aromatic nitrogens is 2. The first-order chi connectivity index (χ1) is 6.33. The van der Waals surface area contributed by atoms with Crippen LogP contribution in [0.2, 0.25) is 0 Å². The second-order valence-corrected chi connectivity index (χ2v) is 3.17. The van der Waals surface area contributed by atoms with Crippen molar-refractivity contribution in [2.24, 2.45) is 0 Å². The molecule has 0 radical (unpaired) electrons. The summed E-state index contributed by atoms with van der Waals surface area (Å²) in [5, 5.41) is 1.19. The summed E-state index contributed by atoms with van der Waals surface area (Å²) < 4.78 is 0. The van der Waals surface area contributed by atoms with E-state index in [-0.39, 0.29) is 0 Å². The topological polar surface area (TPSA) is 25.8 Å². The second-order valence-electron chi connectivity index (χ2n) is 3.17. The van der Waals surface area contributed by atoms with Gasteiger partial charge < -0.3 is 0 Å². The molecule has 0 fully saturated rings. The molecular formula is C11H12N2. The van der Waals surface area contributed by atoms with Crippen LogP contribution in [0.15, 0.2) is 24.7 Å². The van der Waals surface area contributed by atoms with E-state index >= 15 is 0 Å². The minimum absolute atomic E-state index is 1.04. The van der Waals surface area contributed by atoms with Crippen molar-refractivity contribution in [2.45, 2.75) is 20.3 Å². The maximum absolute atomic E-state index is 4.22. The molecular weight excluding hydrogens is 160 g/mol. The van der Waals surface area contributed by atoms with Gasteiger partial charge in [0.1, 0.15) is 6.33 Å². The lowest BCUT2D eigenvalue weighted by molar-refractivity contribution is 1.11. The van der Waals surface area contributed by atoms with Crippen LogP contribution in [0.1, 0.15) is 18.1 Å². The number of fused-ring (bicyclic) bond motifs is 1. The van der Waals surface area contributed by atoms with Gasteiger partial charge in [0.15, 0.2) is 0 Å². The molecule has 1 aromatic carbocycles. The van der Waals surface area contributed by atoms with Crippen molar-refractivity contribution >= 4 is 10.9 Å². The van der Waals surface area contributed by atoms with Crippen LogP contribution in [0.25, 0.3) is 10.9 Å². The highest BCUT2D eigenvalue weighted by Gasteiger charge is 2.02. The van der Waals surface area contributed by atoms with Crippen LogP contribution < -0.4 is 0 Å². The van der Waals surface area contributed by atoms with Gasteiger partial charge in [-0.05, 0) is 30.5 Å². The molecule has 0 N–H and O–H groups in total. The molecule has 1 aromatic heterocycles. The molecule has 66 valence electrons. The summed E-state index contributed by atoms with van der Waals surface area (Å²) in [6, 6.07) is 4.17. The SMILES string of the molecule is CCc1c(C)ccc2ncncc12. The fourth-order valence-electron chi connectivity index (χ4n) is 1.69. The van der Waals surface area contributed by atoms with Crippen LogP contribution in [0.4, 0.5) is 0 Å². The maximum Gasteiger partial charge on any atom is 0.116 e. The largest absolute Gasteiger partial charge is 0.244 e. The van der Waals surface area contributed by atoms with Crippen molar-refractivity contribution in [1.82, 2.24) is 9.97 Å². The van der Waals surface area contributed by atoms with Gasteiger partial charge in [-0.1, -0.05) is 13.0 Å². The summed E-state index contributed by atoms with van der Waals surface area (Å²) in [5.74, 6) is 0. The third kappa shape index (κ3) is 1.28. The van der Waals surface area contributed by atoms with Crippen LogP contribution >= 0.6 is 0 Å². The van der Waals surface area contributed by atoms with Crippen LogP contribution in [0.5, 0.6) is 0 Å². The van der Waals surface area contributed by atoms with Gasteiger partial charge in [0.05, 0.1) is 5.52 Å². The Morgan fingerprint density at radius 3 is 2.92 bits per heavy atom. The Labute approximate surface area is 77.6 Å². The molecule has 0 aliphatic carbocycles. The molecule has 0 amide bonds. The first-order valence-electron chi connectivity index (χ1n) is 4.51. The number of rotatable bonds is 1. The minimum Gasteiger partial charge on any atom is -0.244 e. The highest BCUT2D eigenvalue weighted by molar-refractivity contribution is 5.82. The molecule has 2 rings (SSSR count). The zero-order chi connectivity index (χ0) is 9.26. The van der Waals surface area contributed by atoms with Crippen LogP contribution in [-0.4, -0.2) is 9.97 Å². The number of aryl methyl sites for hydroxylation is 2. The van der Waals surface area contributed by atoms with E-state index in [1.54, 1.807) is 6.33 Å². The minimum atomic E-state index is 1.04. The summed E-state index contributed by atoms with van der Waals surface area (Å²) in [7, 11) is 0. The van der Waals surface area contributed by atoms with E-state index in [1.807, 2.05) is 12.3 Å². The number of benzene rings is 1. The van der Waals surface area contributed by atoms with Crippen molar-refractivity contribution in [3.8, 4) is 0 Å². The lowest BCUT2D eigenvalue weighted by Gasteiger charge is -2.05. The Bertz CT molecular complexity index is 435. The number of nitrogens with zero attached hydrogens (tertiary/aromatic N) is 2. The van der Waals surface area contributed by atoms with Gasteiger partial charge in [-0.2, -0.15) is 0 Å². The van der Waals surface area contributed by atoms with E-state index in [4.69, 9.17) is 0 Å². The van der Waals surface area contributed by atoms with Crippen molar-refractivity contribution in [2.75, 3.05) is 0 Å². The fourth-order valence-corrected chi connectivity index (χ4v) is 1.69. The molecule has 0 unspecified atom stereocenters. The van der Waals surface area contributed by atoms with Gasteiger partial charge in [-0.25, -0.2) is 9.97 Å². The molecule has 1 heterocycles. The Morgan fingerprint density at radius 2 is 2.15 bits per heavy atom. The molecule has 0 bridgehead atoms. The van der Waals surface area contributed by atoms with E-state index in [1.165, 1.54) is 16.5 Å². The molecule has 0 atom stereocenters. The monoisotopic (exact) mass is 172 g/mol. The summed E-state index contributed by atoms with van der Waals surface area (Å²) in [6.45, 7) is 4.29. The molecule has 13 heavy (non-hydrogen) atoms. The van der Waals surface area contributed by atoms with Crippen LogP contribution in [0.3, 0.4) is 0 Å². The molecule has 2 nitrogen and oxygen atoms in total. The first-order valence-corrected chi connectivity index (χ1v) is 4.51. The quantitative estimate of drug-likeness (QED) is 0.660. The Balaban J connectivity index is 2.84.